The first-order valence-electron chi connectivity index (χ1n) is 5.76. The van der Waals surface area contributed by atoms with Crippen LogP contribution in [0, 0.1) is 0 Å². The molecule has 3 nitrogen and oxygen atoms in total. The van der Waals surface area contributed by atoms with E-state index in [-0.39, 0.29) is 11.6 Å². The van der Waals surface area contributed by atoms with Crippen LogP contribution in [0.3, 0.4) is 0 Å². The molecule has 1 aromatic rings. The van der Waals surface area contributed by atoms with Crippen LogP contribution in [0.25, 0.3) is 0 Å². The van der Waals surface area contributed by atoms with E-state index in [1.807, 2.05) is 12.1 Å². The summed E-state index contributed by atoms with van der Waals surface area (Å²) in [6.45, 7) is 6.44. The molecule has 1 aliphatic heterocycles. The van der Waals surface area contributed by atoms with E-state index < -0.39 is 0 Å². The van der Waals surface area contributed by atoms with Gasteiger partial charge in [-0.15, -0.1) is 0 Å². The minimum atomic E-state index is 0.0485. The second-order valence-corrected chi connectivity index (χ2v) is 4.78. The van der Waals surface area contributed by atoms with E-state index in [0.717, 1.165) is 18.8 Å². The molecule has 1 unspecified atom stereocenters. The van der Waals surface area contributed by atoms with Gasteiger partial charge in [0.2, 0.25) is 0 Å². The lowest BCUT2D eigenvalue weighted by Gasteiger charge is -2.41. The van der Waals surface area contributed by atoms with Gasteiger partial charge in [0.25, 0.3) is 0 Å². The molecule has 0 spiro atoms. The summed E-state index contributed by atoms with van der Waals surface area (Å²) in [5.41, 5.74) is 1.27. The van der Waals surface area contributed by atoms with E-state index in [4.69, 9.17) is 4.74 Å². The molecule has 16 heavy (non-hydrogen) atoms. The maximum Gasteiger partial charge on any atom is 0.123 e. The predicted octanol–water partition coefficient (Wildman–Crippen LogP) is 1.71. The van der Waals surface area contributed by atoms with E-state index in [9.17, 15) is 0 Å². The topological polar surface area (TPSA) is 33.3 Å². The van der Waals surface area contributed by atoms with Gasteiger partial charge in [0, 0.05) is 24.2 Å². The molecule has 1 atom stereocenters. The Hall–Kier alpha value is -1.06. The molecule has 1 heterocycles. The van der Waals surface area contributed by atoms with Crippen molar-refractivity contribution in [3.05, 3.63) is 29.8 Å². The van der Waals surface area contributed by atoms with Crippen molar-refractivity contribution < 1.29 is 4.74 Å². The summed E-state index contributed by atoms with van der Waals surface area (Å²) in [5, 5.41) is 7.10. The largest absolute Gasteiger partial charge is 0.496 e. The van der Waals surface area contributed by atoms with Crippen LogP contribution < -0.4 is 15.4 Å². The molecular weight excluding hydrogens is 200 g/mol. The molecule has 0 aromatic heterocycles. The Bertz CT molecular complexity index is 363. The van der Waals surface area contributed by atoms with Gasteiger partial charge < -0.3 is 15.4 Å². The average molecular weight is 220 g/mol. The third-order valence-corrected chi connectivity index (χ3v) is 3.23. The number of rotatable bonds is 2. The molecule has 0 bridgehead atoms. The minimum absolute atomic E-state index is 0.0485. The van der Waals surface area contributed by atoms with Gasteiger partial charge in [0.15, 0.2) is 0 Å². The van der Waals surface area contributed by atoms with E-state index in [1.165, 1.54) is 5.56 Å². The van der Waals surface area contributed by atoms with Crippen molar-refractivity contribution >= 4 is 0 Å². The number of ether oxygens (including phenoxy) is 1. The van der Waals surface area contributed by atoms with Crippen LogP contribution in [0.15, 0.2) is 24.3 Å². The summed E-state index contributed by atoms with van der Waals surface area (Å²) < 4.78 is 5.42. The zero-order valence-electron chi connectivity index (χ0n) is 10.2. The van der Waals surface area contributed by atoms with E-state index in [2.05, 4.69) is 36.6 Å². The second kappa shape index (κ2) is 4.44. The minimum Gasteiger partial charge on any atom is -0.496 e. The van der Waals surface area contributed by atoms with Crippen LogP contribution in [0.5, 0.6) is 5.75 Å². The molecule has 0 amide bonds. The van der Waals surface area contributed by atoms with Crippen molar-refractivity contribution in [2.75, 3.05) is 20.2 Å². The van der Waals surface area contributed by atoms with E-state index in [1.54, 1.807) is 7.11 Å². The van der Waals surface area contributed by atoms with Gasteiger partial charge >= 0.3 is 0 Å². The van der Waals surface area contributed by atoms with Crippen LogP contribution in [-0.2, 0) is 0 Å². The molecule has 0 radical (unpaired) electrons. The van der Waals surface area contributed by atoms with Crippen molar-refractivity contribution in [1.82, 2.24) is 10.6 Å². The molecule has 0 aliphatic carbocycles. The SMILES string of the molecule is COc1ccccc1C1NCCNC1(C)C. The average Bonchev–Trinajstić information content (AvgIpc) is 2.28. The molecule has 1 saturated heterocycles. The maximum absolute atomic E-state index is 5.42. The highest BCUT2D eigenvalue weighted by atomic mass is 16.5. The first kappa shape index (κ1) is 11.4. The monoisotopic (exact) mass is 220 g/mol. The van der Waals surface area contributed by atoms with Crippen molar-refractivity contribution in [3.8, 4) is 5.75 Å². The first-order chi connectivity index (χ1) is 7.65. The van der Waals surface area contributed by atoms with Crippen LogP contribution in [0.2, 0.25) is 0 Å². The van der Waals surface area contributed by atoms with Gasteiger partial charge in [-0.25, -0.2) is 0 Å². The summed E-state index contributed by atoms with van der Waals surface area (Å²) in [5.74, 6) is 0.955. The summed E-state index contributed by atoms with van der Waals surface area (Å²) >= 11 is 0. The smallest absolute Gasteiger partial charge is 0.123 e. The highest BCUT2D eigenvalue weighted by Crippen LogP contribution is 2.33. The number of nitrogens with one attached hydrogen (secondary N) is 2. The van der Waals surface area contributed by atoms with Crippen molar-refractivity contribution in [2.24, 2.45) is 0 Å². The molecular formula is C13H20N2O. The van der Waals surface area contributed by atoms with Gasteiger partial charge in [0.1, 0.15) is 5.75 Å². The lowest BCUT2D eigenvalue weighted by Crippen LogP contribution is -2.57. The van der Waals surface area contributed by atoms with E-state index >= 15 is 0 Å². The maximum atomic E-state index is 5.42. The van der Waals surface area contributed by atoms with Crippen LogP contribution in [0.4, 0.5) is 0 Å². The predicted molar refractivity (Wildman–Crippen MR) is 65.8 cm³/mol. The number of benzene rings is 1. The summed E-state index contributed by atoms with van der Waals surface area (Å²) in [4.78, 5) is 0. The number of hydrogen-bond acceptors (Lipinski definition) is 3. The summed E-state index contributed by atoms with van der Waals surface area (Å²) in [6, 6.07) is 8.50. The first-order valence-corrected chi connectivity index (χ1v) is 5.76. The fourth-order valence-corrected chi connectivity index (χ4v) is 2.36. The Morgan fingerprint density at radius 1 is 1.25 bits per heavy atom. The van der Waals surface area contributed by atoms with Gasteiger partial charge in [-0.1, -0.05) is 18.2 Å². The molecule has 2 N–H and O–H groups in total. The van der Waals surface area contributed by atoms with E-state index in [0.29, 0.717) is 0 Å². The highest BCUT2D eigenvalue weighted by Gasteiger charge is 2.34. The highest BCUT2D eigenvalue weighted by molar-refractivity contribution is 5.38. The van der Waals surface area contributed by atoms with Crippen molar-refractivity contribution in [1.29, 1.82) is 0 Å². The third-order valence-electron chi connectivity index (χ3n) is 3.23. The Balaban J connectivity index is 2.34. The van der Waals surface area contributed by atoms with Gasteiger partial charge in [0.05, 0.1) is 13.2 Å². The zero-order valence-corrected chi connectivity index (χ0v) is 10.2. The number of piperazine rings is 1. The number of methoxy groups -OCH3 is 1. The molecule has 2 rings (SSSR count). The third kappa shape index (κ3) is 2.06. The lowest BCUT2D eigenvalue weighted by molar-refractivity contribution is 0.233. The number of para-hydroxylation sites is 1. The van der Waals surface area contributed by atoms with Crippen LogP contribution >= 0.6 is 0 Å². The molecule has 1 fully saturated rings. The Labute approximate surface area is 97.2 Å². The van der Waals surface area contributed by atoms with Crippen LogP contribution in [-0.4, -0.2) is 25.7 Å². The lowest BCUT2D eigenvalue weighted by atomic mass is 9.86. The quantitative estimate of drug-likeness (QED) is 0.796. The van der Waals surface area contributed by atoms with Crippen molar-refractivity contribution in [3.63, 3.8) is 0 Å². The second-order valence-electron chi connectivity index (χ2n) is 4.78. The Kier molecular flexibility index (Phi) is 3.17. The fraction of sp³-hybridized carbons (Fsp3) is 0.538. The molecule has 0 saturated carbocycles. The molecule has 1 aliphatic rings. The molecule has 3 heteroatoms. The Morgan fingerprint density at radius 3 is 2.69 bits per heavy atom. The van der Waals surface area contributed by atoms with Crippen LogP contribution in [0.1, 0.15) is 25.5 Å². The standard InChI is InChI=1S/C13H20N2O/c1-13(2)12(14-8-9-15-13)10-6-4-5-7-11(10)16-3/h4-7,12,14-15H,8-9H2,1-3H3. The summed E-state index contributed by atoms with van der Waals surface area (Å²) in [6.07, 6.45) is 0. The van der Waals surface area contributed by atoms with Crippen molar-refractivity contribution in [2.45, 2.75) is 25.4 Å². The molecule has 1 aromatic carbocycles. The van der Waals surface area contributed by atoms with Gasteiger partial charge in [-0.05, 0) is 19.9 Å². The normalized spacial score (nSPS) is 24.1. The van der Waals surface area contributed by atoms with Gasteiger partial charge in [-0.3, -0.25) is 0 Å². The van der Waals surface area contributed by atoms with Gasteiger partial charge in [-0.2, -0.15) is 0 Å². The number of hydrogen-bond donors (Lipinski definition) is 2. The molecule has 88 valence electrons. The zero-order chi connectivity index (χ0) is 11.6. The summed E-state index contributed by atoms with van der Waals surface area (Å²) in [7, 11) is 1.72. The Morgan fingerprint density at radius 2 is 2.00 bits per heavy atom. The fourth-order valence-electron chi connectivity index (χ4n) is 2.36.